The summed E-state index contributed by atoms with van der Waals surface area (Å²) in [6.45, 7) is 1.81. The van der Waals surface area contributed by atoms with Gasteiger partial charge >= 0.3 is 0 Å². The molecule has 76 valence electrons. The normalized spacial score (nSPS) is 10.3. The molecule has 0 aliphatic rings. The van der Waals surface area contributed by atoms with E-state index in [0.717, 1.165) is 15.9 Å². The van der Waals surface area contributed by atoms with Gasteiger partial charge in [0.15, 0.2) is 6.29 Å². The second-order valence-corrected chi connectivity index (χ2v) is 3.99. The topological polar surface area (TPSA) is 47.8 Å². The molecule has 0 unspecified atom stereocenters. The van der Waals surface area contributed by atoms with Crippen LogP contribution in [0.15, 0.2) is 28.7 Å². The van der Waals surface area contributed by atoms with Gasteiger partial charge in [-0.15, -0.1) is 5.10 Å². The maximum Gasteiger partial charge on any atom is 0.172 e. The molecule has 1 aromatic carbocycles. The van der Waals surface area contributed by atoms with Crippen molar-refractivity contribution in [2.24, 2.45) is 0 Å². The highest BCUT2D eigenvalue weighted by atomic mass is 79.9. The molecule has 5 heteroatoms. The number of aldehydes is 1. The largest absolute Gasteiger partial charge is 0.296 e. The number of hydrogen-bond donors (Lipinski definition) is 0. The Hall–Kier alpha value is -1.49. The minimum Gasteiger partial charge on any atom is -0.296 e. The van der Waals surface area contributed by atoms with Gasteiger partial charge in [-0.1, -0.05) is 27.2 Å². The summed E-state index contributed by atoms with van der Waals surface area (Å²) in [6.07, 6.45) is 0.705. The number of rotatable bonds is 2. The van der Waals surface area contributed by atoms with Gasteiger partial charge in [0, 0.05) is 4.47 Å². The number of benzene rings is 1. The highest BCUT2D eigenvalue weighted by molar-refractivity contribution is 9.10. The SMILES string of the molecule is Cc1c(C=O)nnn1-c1cccc(Br)c1. The van der Waals surface area contributed by atoms with Gasteiger partial charge < -0.3 is 0 Å². The van der Waals surface area contributed by atoms with E-state index in [1.54, 1.807) is 4.68 Å². The van der Waals surface area contributed by atoms with Crippen molar-refractivity contribution in [2.75, 3.05) is 0 Å². The van der Waals surface area contributed by atoms with E-state index in [-0.39, 0.29) is 0 Å². The Bertz CT molecular complexity index is 507. The summed E-state index contributed by atoms with van der Waals surface area (Å²) in [7, 11) is 0. The van der Waals surface area contributed by atoms with Gasteiger partial charge in [-0.25, -0.2) is 4.68 Å². The summed E-state index contributed by atoms with van der Waals surface area (Å²) in [5.41, 5.74) is 1.99. The number of carbonyl (C=O) groups excluding carboxylic acids is 1. The number of aromatic nitrogens is 3. The number of nitrogens with zero attached hydrogens (tertiary/aromatic N) is 3. The predicted octanol–water partition coefficient (Wildman–Crippen LogP) is 2.15. The van der Waals surface area contributed by atoms with E-state index in [9.17, 15) is 4.79 Å². The monoisotopic (exact) mass is 265 g/mol. The number of halogens is 1. The molecule has 0 saturated heterocycles. The minimum absolute atomic E-state index is 0.370. The summed E-state index contributed by atoms with van der Waals surface area (Å²) >= 11 is 3.38. The third-order valence-corrected chi connectivity index (χ3v) is 2.59. The molecule has 0 atom stereocenters. The molecule has 4 nitrogen and oxygen atoms in total. The van der Waals surface area contributed by atoms with E-state index in [1.807, 2.05) is 31.2 Å². The number of carbonyl (C=O) groups is 1. The van der Waals surface area contributed by atoms with Crippen molar-refractivity contribution in [1.82, 2.24) is 15.0 Å². The Morgan fingerprint density at radius 2 is 2.27 bits per heavy atom. The third-order valence-electron chi connectivity index (χ3n) is 2.09. The predicted molar refractivity (Wildman–Crippen MR) is 59.2 cm³/mol. The van der Waals surface area contributed by atoms with E-state index in [2.05, 4.69) is 26.2 Å². The van der Waals surface area contributed by atoms with Crippen LogP contribution in [-0.2, 0) is 0 Å². The molecule has 0 saturated carbocycles. The first-order chi connectivity index (χ1) is 7.22. The van der Waals surface area contributed by atoms with Crippen LogP contribution in [0.1, 0.15) is 16.2 Å². The second kappa shape index (κ2) is 3.94. The molecule has 0 N–H and O–H groups in total. The highest BCUT2D eigenvalue weighted by Crippen LogP contribution is 2.16. The lowest BCUT2D eigenvalue weighted by atomic mass is 10.3. The quantitative estimate of drug-likeness (QED) is 0.782. The van der Waals surface area contributed by atoms with Gasteiger partial charge in [0.1, 0.15) is 5.69 Å². The molecule has 0 fully saturated rings. The fraction of sp³-hybridized carbons (Fsp3) is 0.100. The zero-order valence-corrected chi connectivity index (χ0v) is 9.60. The lowest BCUT2D eigenvalue weighted by Crippen LogP contribution is -1.99. The molecule has 15 heavy (non-hydrogen) atoms. The van der Waals surface area contributed by atoms with Crippen LogP contribution >= 0.6 is 15.9 Å². The second-order valence-electron chi connectivity index (χ2n) is 3.07. The van der Waals surface area contributed by atoms with E-state index < -0.39 is 0 Å². The van der Waals surface area contributed by atoms with Gasteiger partial charge in [-0.3, -0.25) is 4.79 Å². The molecule has 1 aromatic heterocycles. The zero-order valence-electron chi connectivity index (χ0n) is 8.01. The Morgan fingerprint density at radius 3 is 2.87 bits per heavy atom. The maximum atomic E-state index is 10.6. The van der Waals surface area contributed by atoms with Crippen LogP contribution in [-0.4, -0.2) is 21.3 Å². The Kier molecular flexibility index (Phi) is 2.64. The molecule has 0 spiro atoms. The van der Waals surface area contributed by atoms with E-state index in [0.29, 0.717) is 12.0 Å². The van der Waals surface area contributed by atoms with Crippen LogP contribution < -0.4 is 0 Å². The van der Waals surface area contributed by atoms with Crippen LogP contribution in [0.25, 0.3) is 5.69 Å². The molecular weight excluding hydrogens is 258 g/mol. The van der Waals surface area contributed by atoms with Crippen LogP contribution in [0.3, 0.4) is 0 Å². The maximum absolute atomic E-state index is 10.6. The molecule has 0 aliphatic heterocycles. The molecule has 0 bridgehead atoms. The van der Waals surface area contributed by atoms with Crippen LogP contribution in [0.5, 0.6) is 0 Å². The Labute approximate surface area is 95.0 Å². The van der Waals surface area contributed by atoms with Crippen molar-refractivity contribution in [3.05, 3.63) is 40.1 Å². The first-order valence-electron chi connectivity index (χ1n) is 4.36. The summed E-state index contributed by atoms with van der Waals surface area (Å²) in [6, 6.07) is 7.65. The number of hydrogen-bond acceptors (Lipinski definition) is 3. The Morgan fingerprint density at radius 1 is 1.47 bits per heavy atom. The average Bonchev–Trinajstić information content (AvgIpc) is 2.59. The molecular formula is C10H8BrN3O. The van der Waals surface area contributed by atoms with Gasteiger partial charge in [-0.2, -0.15) is 0 Å². The van der Waals surface area contributed by atoms with Crippen molar-refractivity contribution < 1.29 is 4.79 Å². The van der Waals surface area contributed by atoms with Gasteiger partial charge in [0.05, 0.1) is 11.4 Å². The first kappa shape index (κ1) is 10.0. The van der Waals surface area contributed by atoms with Crippen molar-refractivity contribution in [3.63, 3.8) is 0 Å². The van der Waals surface area contributed by atoms with Gasteiger partial charge in [0.25, 0.3) is 0 Å². The average molecular weight is 266 g/mol. The van der Waals surface area contributed by atoms with E-state index in [4.69, 9.17) is 0 Å². The molecule has 1 heterocycles. The first-order valence-corrected chi connectivity index (χ1v) is 5.15. The fourth-order valence-electron chi connectivity index (χ4n) is 1.30. The fourth-order valence-corrected chi connectivity index (χ4v) is 1.69. The molecule has 0 aliphatic carbocycles. The highest BCUT2D eigenvalue weighted by Gasteiger charge is 2.08. The van der Waals surface area contributed by atoms with Crippen molar-refractivity contribution >= 4 is 22.2 Å². The third kappa shape index (κ3) is 1.83. The van der Waals surface area contributed by atoms with Crippen molar-refractivity contribution in [3.8, 4) is 5.69 Å². The molecule has 2 rings (SSSR count). The van der Waals surface area contributed by atoms with Crippen molar-refractivity contribution in [1.29, 1.82) is 0 Å². The summed E-state index contributed by atoms with van der Waals surface area (Å²) < 4.78 is 2.59. The van der Waals surface area contributed by atoms with E-state index in [1.165, 1.54) is 0 Å². The Balaban J connectivity index is 2.54. The smallest absolute Gasteiger partial charge is 0.172 e. The minimum atomic E-state index is 0.370. The van der Waals surface area contributed by atoms with Gasteiger partial charge in [0.2, 0.25) is 0 Å². The molecule has 0 amide bonds. The van der Waals surface area contributed by atoms with Crippen LogP contribution in [0.2, 0.25) is 0 Å². The standard InChI is InChI=1S/C10H8BrN3O/c1-7-10(6-15)12-13-14(7)9-4-2-3-8(11)5-9/h2-6H,1H3. The van der Waals surface area contributed by atoms with E-state index >= 15 is 0 Å². The van der Waals surface area contributed by atoms with Crippen molar-refractivity contribution in [2.45, 2.75) is 6.92 Å². The summed E-state index contributed by atoms with van der Waals surface area (Å²) in [4.78, 5) is 10.6. The molecule has 2 aromatic rings. The molecule has 0 radical (unpaired) electrons. The summed E-state index contributed by atoms with van der Waals surface area (Å²) in [5.74, 6) is 0. The summed E-state index contributed by atoms with van der Waals surface area (Å²) in [5, 5.41) is 7.68. The lowest BCUT2D eigenvalue weighted by Gasteiger charge is -2.02. The van der Waals surface area contributed by atoms with Crippen LogP contribution in [0.4, 0.5) is 0 Å². The van der Waals surface area contributed by atoms with Gasteiger partial charge in [-0.05, 0) is 25.1 Å². The lowest BCUT2D eigenvalue weighted by molar-refractivity contribution is 0.111. The van der Waals surface area contributed by atoms with Crippen LogP contribution in [0, 0.1) is 6.92 Å². The zero-order chi connectivity index (χ0) is 10.8.